The van der Waals surface area contributed by atoms with Crippen molar-refractivity contribution in [2.45, 2.75) is 59.0 Å². The second-order valence-corrected chi connectivity index (χ2v) is 10.3. The van der Waals surface area contributed by atoms with Crippen molar-refractivity contribution in [2.24, 2.45) is 0 Å². The van der Waals surface area contributed by atoms with E-state index in [1.54, 1.807) is 12.1 Å². The standard InChI is InChI=1S/C22H30Cl2NO4P/c1-7-16-10-8-9-11-20(16)25-22(30(26,28-14(2)3)29-15(4)5)18-12-17(23)13-19(24)21(18)27-6/h8-15,22,25H,7H2,1-6H3/t22-/m1/s1. The Morgan fingerprint density at radius 2 is 1.63 bits per heavy atom. The number of para-hydroxylation sites is 1. The topological polar surface area (TPSA) is 56.8 Å². The van der Waals surface area contributed by atoms with Crippen LogP contribution in [-0.2, 0) is 20.0 Å². The van der Waals surface area contributed by atoms with E-state index >= 15 is 0 Å². The Morgan fingerprint density at radius 3 is 2.17 bits per heavy atom. The van der Waals surface area contributed by atoms with Gasteiger partial charge in [-0.1, -0.05) is 48.3 Å². The minimum Gasteiger partial charge on any atom is -0.495 e. The molecule has 0 aliphatic carbocycles. The summed E-state index contributed by atoms with van der Waals surface area (Å²) in [5.74, 6) is -0.520. The van der Waals surface area contributed by atoms with Crippen LogP contribution >= 0.6 is 30.8 Å². The van der Waals surface area contributed by atoms with Gasteiger partial charge in [0.25, 0.3) is 0 Å². The summed E-state index contributed by atoms with van der Waals surface area (Å²) in [6, 6.07) is 11.1. The summed E-state index contributed by atoms with van der Waals surface area (Å²) in [4.78, 5) is 0. The molecule has 0 aliphatic rings. The molecule has 2 aromatic rings. The fraction of sp³-hybridized carbons (Fsp3) is 0.455. The molecule has 0 bridgehead atoms. The van der Waals surface area contributed by atoms with E-state index in [0.29, 0.717) is 21.4 Å². The third-order valence-corrected chi connectivity index (χ3v) is 7.23. The highest BCUT2D eigenvalue weighted by Gasteiger charge is 2.42. The molecule has 2 rings (SSSR count). The first-order valence-electron chi connectivity index (χ1n) is 9.95. The summed E-state index contributed by atoms with van der Waals surface area (Å²) in [5.41, 5.74) is 2.39. The highest BCUT2D eigenvalue weighted by molar-refractivity contribution is 7.54. The fourth-order valence-electron chi connectivity index (χ4n) is 3.18. The van der Waals surface area contributed by atoms with Crippen molar-refractivity contribution in [2.75, 3.05) is 12.4 Å². The van der Waals surface area contributed by atoms with E-state index in [9.17, 15) is 4.57 Å². The number of hydrogen-bond donors (Lipinski definition) is 1. The predicted octanol–water partition coefficient (Wildman–Crippen LogP) is 7.72. The Bertz CT molecular complexity index is 891. The van der Waals surface area contributed by atoms with E-state index in [0.717, 1.165) is 17.7 Å². The van der Waals surface area contributed by atoms with Crippen molar-refractivity contribution in [3.63, 3.8) is 0 Å². The van der Waals surface area contributed by atoms with Crippen molar-refractivity contribution in [3.05, 3.63) is 57.6 Å². The van der Waals surface area contributed by atoms with Crippen LogP contribution in [0.15, 0.2) is 36.4 Å². The normalized spacial score (nSPS) is 13.0. The largest absolute Gasteiger partial charge is 0.495 e. The third kappa shape index (κ3) is 6.15. The second kappa shape index (κ2) is 10.9. The van der Waals surface area contributed by atoms with E-state index in [4.69, 9.17) is 37.0 Å². The van der Waals surface area contributed by atoms with Crippen LogP contribution in [0, 0.1) is 0 Å². The Balaban J connectivity index is 2.73. The van der Waals surface area contributed by atoms with Gasteiger partial charge in [0, 0.05) is 16.3 Å². The van der Waals surface area contributed by atoms with E-state index in [1.165, 1.54) is 7.11 Å². The fourth-order valence-corrected chi connectivity index (χ4v) is 6.06. The SMILES string of the molecule is CCc1ccccc1N[C@@H](c1cc(Cl)cc(Cl)c1OC)P(=O)(OC(C)C)OC(C)C. The van der Waals surface area contributed by atoms with Crippen molar-refractivity contribution in [1.29, 1.82) is 0 Å². The molecule has 0 saturated carbocycles. The van der Waals surface area contributed by atoms with Gasteiger partial charge < -0.3 is 19.1 Å². The summed E-state index contributed by atoms with van der Waals surface area (Å²) in [5, 5.41) is 4.10. The van der Waals surface area contributed by atoms with Gasteiger partial charge in [-0.05, 0) is 57.9 Å². The van der Waals surface area contributed by atoms with Crippen LogP contribution in [0.5, 0.6) is 5.75 Å². The molecular weight excluding hydrogens is 444 g/mol. The molecule has 0 radical (unpaired) electrons. The number of nitrogens with one attached hydrogen (secondary N) is 1. The van der Waals surface area contributed by atoms with Crippen LogP contribution in [0.25, 0.3) is 0 Å². The predicted molar refractivity (Wildman–Crippen MR) is 125 cm³/mol. The number of halogens is 2. The summed E-state index contributed by atoms with van der Waals surface area (Å²) in [6.45, 7) is 9.32. The van der Waals surface area contributed by atoms with Crippen molar-refractivity contribution in [1.82, 2.24) is 0 Å². The minimum atomic E-state index is -3.75. The number of aryl methyl sites for hydroxylation is 1. The average molecular weight is 474 g/mol. The zero-order valence-electron chi connectivity index (χ0n) is 18.2. The van der Waals surface area contributed by atoms with Gasteiger partial charge in [-0.3, -0.25) is 4.57 Å². The molecule has 30 heavy (non-hydrogen) atoms. The van der Waals surface area contributed by atoms with Gasteiger partial charge in [-0.15, -0.1) is 0 Å². The minimum absolute atomic E-state index is 0.316. The molecule has 0 unspecified atom stereocenters. The van der Waals surface area contributed by atoms with E-state index < -0.39 is 13.4 Å². The molecule has 0 spiro atoms. The molecule has 0 heterocycles. The molecule has 166 valence electrons. The molecule has 8 heteroatoms. The summed E-state index contributed by atoms with van der Waals surface area (Å²) in [7, 11) is -2.24. The molecule has 0 aliphatic heterocycles. The van der Waals surface area contributed by atoms with Crippen LogP contribution in [0.2, 0.25) is 10.0 Å². The zero-order valence-corrected chi connectivity index (χ0v) is 20.6. The lowest BCUT2D eigenvalue weighted by atomic mass is 10.1. The van der Waals surface area contributed by atoms with E-state index in [-0.39, 0.29) is 12.2 Å². The molecule has 0 amide bonds. The first-order chi connectivity index (χ1) is 14.1. The lowest BCUT2D eigenvalue weighted by molar-refractivity contribution is 0.138. The zero-order chi connectivity index (χ0) is 22.5. The van der Waals surface area contributed by atoms with Gasteiger partial charge in [0.05, 0.1) is 24.3 Å². The molecular formula is C22H30Cl2NO4P. The first-order valence-corrected chi connectivity index (χ1v) is 12.3. The number of anilines is 1. The van der Waals surface area contributed by atoms with Gasteiger partial charge >= 0.3 is 7.60 Å². The maximum absolute atomic E-state index is 14.2. The quantitative estimate of drug-likeness (QED) is 0.357. The van der Waals surface area contributed by atoms with E-state index in [1.807, 2.05) is 52.0 Å². The highest BCUT2D eigenvalue weighted by atomic mass is 35.5. The smallest absolute Gasteiger partial charge is 0.357 e. The Kier molecular flexibility index (Phi) is 9.08. The number of rotatable bonds is 10. The van der Waals surface area contributed by atoms with E-state index in [2.05, 4.69) is 12.2 Å². The molecule has 0 saturated heterocycles. The Labute approximate surface area is 189 Å². The van der Waals surface area contributed by atoms with Gasteiger partial charge in [-0.25, -0.2) is 0 Å². The van der Waals surface area contributed by atoms with Gasteiger partial charge in [0.15, 0.2) is 5.78 Å². The van der Waals surface area contributed by atoms with Crippen LogP contribution in [0.3, 0.4) is 0 Å². The molecule has 0 aromatic heterocycles. The Hall–Kier alpha value is -1.23. The number of ether oxygens (including phenoxy) is 1. The maximum Gasteiger partial charge on any atom is 0.357 e. The molecule has 1 atom stereocenters. The molecule has 5 nitrogen and oxygen atoms in total. The van der Waals surface area contributed by atoms with Crippen LogP contribution in [-0.4, -0.2) is 19.3 Å². The summed E-state index contributed by atoms with van der Waals surface area (Å²) < 4.78 is 31.6. The lowest BCUT2D eigenvalue weighted by Gasteiger charge is -2.32. The monoisotopic (exact) mass is 473 g/mol. The van der Waals surface area contributed by atoms with Crippen LogP contribution in [0.4, 0.5) is 5.69 Å². The van der Waals surface area contributed by atoms with Gasteiger partial charge in [-0.2, -0.15) is 0 Å². The maximum atomic E-state index is 14.2. The first kappa shape index (κ1) is 25.0. The molecule has 2 aromatic carbocycles. The number of methoxy groups -OCH3 is 1. The average Bonchev–Trinajstić information content (AvgIpc) is 2.64. The summed E-state index contributed by atoms with van der Waals surface area (Å²) >= 11 is 12.7. The van der Waals surface area contributed by atoms with Crippen molar-refractivity contribution < 1.29 is 18.3 Å². The number of benzene rings is 2. The number of hydrogen-bond acceptors (Lipinski definition) is 5. The van der Waals surface area contributed by atoms with Crippen LogP contribution < -0.4 is 10.1 Å². The lowest BCUT2D eigenvalue weighted by Crippen LogP contribution is -2.20. The van der Waals surface area contributed by atoms with Gasteiger partial charge in [0.1, 0.15) is 5.75 Å². The summed E-state index contributed by atoms with van der Waals surface area (Å²) in [6.07, 6.45) is 0.130. The Morgan fingerprint density at radius 1 is 1.03 bits per heavy atom. The second-order valence-electron chi connectivity index (χ2n) is 7.42. The molecule has 0 fully saturated rings. The highest BCUT2D eigenvalue weighted by Crippen LogP contribution is 2.64. The molecule has 1 N–H and O–H groups in total. The van der Waals surface area contributed by atoms with Crippen molar-refractivity contribution in [3.8, 4) is 5.75 Å². The van der Waals surface area contributed by atoms with Crippen molar-refractivity contribution >= 4 is 36.5 Å². The van der Waals surface area contributed by atoms with Crippen LogP contribution in [0.1, 0.15) is 51.5 Å². The van der Waals surface area contributed by atoms with Gasteiger partial charge in [0.2, 0.25) is 0 Å². The third-order valence-electron chi connectivity index (χ3n) is 4.26.